The van der Waals surface area contributed by atoms with Gasteiger partial charge >= 0.3 is 0 Å². The van der Waals surface area contributed by atoms with Gasteiger partial charge < -0.3 is 4.42 Å². The summed E-state index contributed by atoms with van der Waals surface area (Å²) in [4.78, 5) is 10.6. The number of rotatable bonds is 3. The molecule has 0 spiro atoms. The molecule has 2 aromatic heterocycles. The van der Waals surface area contributed by atoms with Crippen LogP contribution in [-0.2, 0) is 19.5 Å². The first-order valence-electron chi connectivity index (χ1n) is 7.85. The predicted molar refractivity (Wildman–Crippen MR) is 83.9 cm³/mol. The Bertz CT molecular complexity index is 912. The van der Waals surface area contributed by atoms with E-state index in [1.165, 1.54) is 0 Å². The average molecular weight is 345 g/mol. The molecular weight excluding hydrogens is 331 g/mol. The van der Waals surface area contributed by atoms with E-state index in [0.29, 0.717) is 31.1 Å². The van der Waals surface area contributed by atoms with Gasteiger partial charge in [0, 0.05) is 43.4 Å². The van der Waals surface area contributed by atoms with E-state index in [1.807, 2.05) is 4.90 Å². The Balaban J connectivity index is 1.55. The van der Waals surface area contributed by atoms with E-state index >= 15 is 0 Å². The highest BCUT2D eigenvalue weighted by Crippen LogP contribution is 2.24. The van der Waals surface area contributed by atoms with Crippen LogP contribution in [0.5, 0.6) is 0 Å². The van der Waals surface area contributed by atoms with Crippen molar-refractivity contribution in [3.05, 3.63) is 71.0 Å². The van der Waals surface area contributed by atoms with Gasteiger partial charge in [-0.15, -0.1) is 0 Å². The van der Waals surface area contributed by atoms with E-state index in [2.05, 4.69) is 9.97 Å². The number of fused-ring (bicyclic) bond motifs is 1. The first-order chi connectivity index (χ1) is 12.1. The van der Waals surface area contributed by atoms with Crippen LogP contribution in [0.1, 0.15) is 16.8 Å². The van der Waals surface area contributed by atoms with Crippen molar-refractivity contribution < 1.29 is 17.6 Å². The molecule has 0 unspecified atom stereocenters. The standard InChI is InChI=1S/C18H14F3N3O/c19-13-3-4-14(20)17(21)12(13)10-24-6-5-15-11(9-24)8-22-18(23-15)16-2-1-7-25-16/h1-4,7-8H,5-6,9-10H2. The normalized spacial score (nSPS) is 14.5. The molecule has 25 heavy (non-hydrogen) atoms. The van der Waals surface area contributed by atoms with Crippen molar-refractivity contribution in [1.29, 1.82) is 0 Å². The van der Waals surface area contributed by atoms with Crippen LogP contribution in [0.4, 0.5) is 13.2 Å². The van der Waals surface area contributed by atoms with E-state index in [9.17, 15) is 13.2 Å². The van der Waals surface area contributed by atoms with E-state index in [-0.39, 0.29) is 12.1 Å². The van der Waals surface area contributed by atoms with E-state index in [0.717, 1.165) is 23.4 Å². The van der Waals surface area contributed by atoms with Crippen molar-refractivity contribution in [2.75, 3.05) is 6.54 Å². The minimum Gasteiger partial charge on any atom is -0.461 e. The Morgan fingerprint density at radius 3 is 2.76 bits per heavy atom. The number of furan rings is 1. The summed E-state index contributed by atoms with van der Waals surface area (Å²) in [6, 6.07) is 5.29. The lowest BCUT2D eigenvalue weighted by molar-refractivity contribution is 0.234. The Morgan fingerprint density at radius 2 is 1.96 bits per heavy atom. The Labute approximate surface area is 141 Å². The van der Waals surface area contributed by atoms with Gasteiger partial charge in [0.2, 0.25) is 0 Å². The van der Waals surface area contributed by atoms with Gasteiger partial charge in [0.1, 0.15) is 5.82 Å². The second kappa shape index (κ2) is 6.33. The van der Waals surface area contributed by atoms with Gasteiger partial charge in [0.25, 0.3) is 0 Å². The minimum atomic E-state index is -1.13. The molecule has 0 amide bonds. The number of aromatic nitrogens is 2. The highest BCUT2D eigenvalue weighted by atomic mass is 19.2. The van der Waals surface area contributed by atoms with Gasteiger partial charge in [0.15, 0.2) is 23.2 Å². The summed E-state index contributed by atoms with van der Waals surface area (Å²) in [5, 5.41) is 0. The van der Waals surface area contributed by atoms with Gasteiger partial charge in [-0.05, 0) is 24.3 Å². The number of benzene rings is 1. The summed E-state index contributed by atoms with van der Waals surface area (Å²) in [5.74, 6) is -1.81. The maximum absolute atomic E-state index is 13.8. The maximum Gasteiger partial charge on any atom is 0.195 e. The monoisotopic (exact) mass is 345 g/mol. The fraction of sp³-hybridized carbons (Fsp3) is 0.222. The molecule has 128 valence electrons. The smallest absolute Gasteiger partial charge is 0.195 e. The Kier molecular flexibility index (Phi) is 4.01. The number of nitrogens with zero attached hydrogens (tertiary/aromatic N) is 3. The van der Waals surface area contributed by atoms with Crippen molar-refractivity contribution in [2.24, 2.45) is 0 Å². The van der Waals surface area contributed by atoms with Gasteiger partial charge in [0.05, 0.1) is 12.0 Å². The lowest BCUT2D eigenvalue weighted by atomic mass is 10.1. The molecule has 1 aliphatic rings. The Morgan fingerprint density at radius 1 is 1.12 bits per heavy atom. The van der Waals surface area contributed by atoms with Crippen molar-refractivity contribution in [3.63, 3.8) is 0 Å². The maximum atomic E-state index is 13.8. The molecule has 4 rings (SSSR count). The molecule has 3 heterocycles. The summed E-state index contributed by atoms with van der Waals surface area (Å²) >= 11 is 0. The highest BCUT2D eigenvalue weighted by molar-refractivity contribution is 5.47. The fourth-order valence-corrected chi connectivity index (χ4v) is 2.97. The van der Waals surface area contributed by atoms with Gasteiger partial charge in [-0.3, -0.25) is 4.90 Å². The zero-order chi connectivity index (χ0) is 17.4. The lowest BCUT2D eigenvalue weighted by Gasteiger charge is -2.28. The van der Waals surface area contributed by atoms with Crippen molar-refractivity contribution in [3.8, 4) is 11.6 Å². The SMILES string of the molecule is Fc1ccc(F)c(CN2CCc3nc(-c4ccco4)ncc3C2)c1F. The van der Waals surface area contributed by atoms with Crippen LogP contribution in [0.25, 0.3) is 11.6 Å². The lowest BCUT2D eigenvalue weighted by Crippen LogP contribution is -2.31. The Hall–Kier alpha value is -2.67. The summed E-state index contributed by atoms with van der Waals surface area (Å²) in [6.07, 6.45) is 3.87. The van der Waals surface area contributed by atoms with Crippen LogP contribution in [-0.4, -0.2) is 21.4 Å². The molecule has 1 aliphatic heterocycles. The molecule has 0 fully saturated rings. The van der Waals surface area contributed by atoms with E-state index < -0.39 is 17.5 Å². The molecule has 1 aromatic carbocycles. The topological polar surface area (TPSA) is 42.2 Å². The third-order valence-corrected chi connectivity index (χ3v) is 4.28. The second-order valence-electron chi connectivity index (χ2n) is 5.93. The molecule has 4 nitrogen and oxygen atoms in total. The number of halogens is 3. The van der Waals surface area contributed by atoms with Gasteiger partial charge in [-0.2, -0.15) is 0 Å². The van der Waals surface area contributed by atoms with Crippen LogP contribution in [0.2, 0.25) is 0 Å². The van der Waals surface area contributed by atoms with E-state index in [4.69, 9.17) is 4.42 Å². The van der Waals surface area contributed by atoms with Gasteiger partial charge in [-0.25, -0.2) is 23.1 Å². The van der Waals surface area contributed by atoms with E-state index in [1.54, 1.807) is 24.6 Å². The minimum absolute atomic E-state index is 0.00516. The van der Waals surface area contributed by atoms with Crippen LogP contribution >= 0.6 is 0 Å². The van der Waals surface area contributed by atoms with Crippen molar-refractivity contribution in [1.82, 2.24) is 14.9 Å². The summed E-state index contributed by atoms with van der Waals surface area (Å²) in [7, 11) is 0. The molecule has 0 N–H and O–H groups in total. The zero-order valence-corrected chi connectivity index (χ0v) is 13.2. The van der Waals surface area contributed by atoms with Crippen molar-refractivity contribution in [2.45, 2.75) is 19.5 Å². The molecule has 3 aromatic rings. The van der Waals surface area contributed by atoms with Crippen LogP contribution in [0.3, 0.4) is 0 Å². The predicted octanol–water partition coefficient (Wildman–Crippen LogP) is 3.71. The van der Waals surface area contributed by atoms with Crippen LogP contribution < -0.4 is 0 Å². The second-order valence-corrected chi connectivity index (χ2v) is 5.93. The molecule has 0 bridgehead atoms. The van der Waals surface area contributed by atoms with Crippen LogP contribution in [0.15, 0.2) is 41.1 Å². The van der Waals surface area contributed by atoms with Gasteiger partial charge in [-0.1, -0.05) is 0 Å². The largest absolute Gasteiger partial charge is 0.461 e. The fourth-order valence-electron chi connectivity index (χ4n) is 2.97. The average Bonchev–Trinajstić information content (AvgIpc) is 3.16. The summed E-state index contributed by atoms with van der Waals surface area (Å²) in [5.41, 5.74) is 1.52. The summed E-state index contributed by atoms with van der Waals surface area (Å²) < 4.78 is 46.3. The molecule has 0 saturated carbocycles. The number of hydrogen-bond donors (Lipinski definition) is 0. The quantitative estimate of drug-likeness (QED) is 0.679. The number of hydrogen-bond acceptors (Lipinski definition) is 4. The van der Waals surface area contributed by atoms with Crippen LogP contribution in [0, 0.1) is 17.5 Å². The molecule has 0 atom stereocenters. The third kappa shape index (κ3) is 3.02. The molecule has 7 heteroatoms. The van der Waals surface area contributed by atoms with Crippen molar-refractivity contribution >= 4 is 0 Å². The third-order valence-electron chi connectivity index (χ3n) is 4.28. The molecule has 0 radical (unpaired) electrons. The molecular formula is C18H14F3N3O. The molecule has 0 aliphatic carbocycles. The summed E-state index contributed by atoms with van der Waals surface area (Å²) in [6.45, 7) is 1.01. The first kappa shape index (κ1) is 15.8. The zero-order valence-electron chi connectivity index (χ0n) is 13.2. The highest BCUT2D eigenvalue weighted by Gasteiger charge is 2.22. The molecule has 0 saturated heterocycles. The first-order valence-corrected chi connectivity index (χ1v) is 7.85.